The molecule has 2 heterocycles. The van der Waals surface area contributed by atoms with E-state index in [1.807, 2.05) is 35.2 Å². The van der Waals surface area contributed by atoms with Crippen molar-refractivity contribution in [2.24, 2.45) is 0 Å². The van der Waals surface area contributed by atoms with Crippen LogP contribution in [0.15, 0.2) is 48.5 Å². The number of rotatable bonds is 7. The molecule has 172 valence electrons. The molecular formula is C23H25N5O5. The van der Waals surface area contributed by atoms with Gasteiger partial charge >= 0.3 is 0 Å². The molecular weight excluding hydrogens is 426 g/mol. The van der Waals surface area contributed by atoms with Crippen LogP contribution in [-0.4, -0.2) is 71.4 Å². The number of ether oxygens (including phenoxy) is 1. The molecule has 1 aliphatic rings. The number of benzene rings is 2. The van der Waals surface area contributed by atoms with Gasteiger partial charge in [0.05, 0.1) is 18.1 Å². The lowest BCUT2D eigenvalue weighted by Gasteiger charge is -2.34. The Morgan fingerprint density at radius 2 is 1.88 bits per heavy atom. The first-order valence-corrected chi connectivity index (χ1v) is 10.7. The van der Waals surface area contributed by atoms with Crippen molar-refractivity contribution < 1.29 is 19.2 Å². The third kappa shape index (κ3) is 5.12. The van der Waals surface area contributed by atoms with Crippen LogP contribution < -0.4 is 10.1 Å². The number of hydrogen-bond acceptors (Lipinski definition) is 6. The Morgan fingerprint density at radius 1 is 1.12 bits per heavy atom. The standard InChI is InChI=1S/C23H25N5O5/c1-33-17-6-7-19(21(15-17)28(31)32)25-22(29)8-9-26-10-12-27(13-11-26)23(30)20-14-16-4-2-3-5-18(16)24-20/h2-7,14-15,24H,8-13H2,1H3,(H,25,29). The normalized spacial score (nSPS) is 14.3. The zero-order chi connectivity index (χ0) is 23.4. The number of piperazine rings is 1. The van der Waals surface area contributed by atoms with Crippen molar-refractivity contribution >= 4 is 34.1 Å². The maximum atomic E-state index is 12.8. The molecule has 2 amide bonds. The van der Waals surface area contributed by atoms with E-state index >= 15 is 0 Å². The second kappa shape index (κ2) is 9.70. The van der Waals surface area contributed by atoms with Gasteiger partial charge in [0.15, 0.2) is 0 Å². The number of para-hydroxylation sites is 1. The number of nitrogens with zero attached hydrogens (tertiary/aromatic N) is 3. The van der Waals surface area contributed by atoms with Gasteiger partial charge < -0.3 is 19.9 Å². The molecule has 1 fully saturated rings. The summed E-state index contributed by atoms with van der Waals surface area (Å²) in [6, 6.07) is 13.9. The fourth-order valence-electron chi connectivity index (χ4n) is 3.90. The highest BCUT2D eigenvalue weighted by atomic mass is 16.6. The Kier molecular flexibility index (Phi) is 6.55. The van der Waals surface area contributed by atoms with Crippen LogP contribution in [0.1, 0.15) is 16.9 Å². The Hall–Kier alpha value is -3.92. The lowest BCUT2D eigenvalue weighted by atomic mass is 10.2. The van der Waals surface area contributed by atoms with Crippen LogP contribution in [-0.2, 0) is 4.79 Å². The number of carbonyl (C=O) groups excluding carboxylic acids is 2. The fraction of sp³-hybridized carbons (Fsp3) is 0.304. The molecule has 0 radical (unpaired) electrons. The predicted octanol–water partition coefficient (Wildman–Crippen LogP) is 2.87. The van der Waals surface area contributed by atoms with Gasteiger partial charge in [-0.05, 0) is 24.3 Å². The smallest absolute Gasteiger partial charge is 0.296 e. The van der Waals surface area contributed by atoms with Gasteiger partial charge in [0.2, 0.25) is 5.91 Å². The largest absolute Gasteiger partial charge is 0.496 e. The summed E-state index contributed by atoms with van der Waals surface area (Å²) in [6.07, 6.45) is 0.194. The first-order chi connectivity index (χ1) is 15.9. The topological polar surface area (TPSA) is 121 Å². The number of nitro groups is 1. The molecule has 0 spiro atoms. The molecule has 0 atom stereocenters. The molecule has 2 aromatic carbocycles. The summed E-state index contributed by atoms with van der Waals surface area (Å²) < 4.78 is 5.01. The summed E-state index contributed by atoms with van der Waals surface area (Å²) in [5, 5.41) is 14.9. The van der Waals surface area contributed by atoms with E-state index in [0.717, 1.165) is 10.9 Å². The van der Waals surface area contributed by atoms with E-state index in [9.17, 15) is 19.7 Å². The van der Waals surface area contributed by atoms with Crippen LogP contribution in [0.3, 0.4) is 0 Å². The summed E-state index contributed by atoms with van der Waals surface area (Å²) in [5.74, 6) is 0.00909. The minimum atomic E-state index is -0.554. The summed E-state index contributed by atoms with van der Waals surface area (Å²) in [6.45, 7) is 2.95. The summed E-state index contributed by atoms with van der Waals surface area (Å²) in [4.78, 5) is 43.0. The molecule has 1 aliphatic heterocycles. The highest BCUT2D eigenvalue weighted by Gasteiger charge is 2.24. The first kappa shape index (κ1) is 22.3. The maximum absolute atomic E-state index is 12.8. The minimum absolute atomic E-state index is 0.0320. The number of fused-ring (bicyclic) bond motifs is 1. The van der Waals surface area contributed by atoms with Crippen LogP contribution in [0, 0.1) is 10.1 Å². The van der Waals surface area contributed by atoms with Crippen molar-refractivity contribution in [1.29, 1.82) is 0 Å². The average molecular weight is 451 g/mol. The number of amides is 2. The molecule has 1 saturated heterocycles. The number of carbonyl (C=O) groups is 2. The molecule has 0 unspecified atom stereocenters. The predicted molar refractivity (Wildman–Crippen MR) is 124 cm³/mol. The zero-order valence-corrected chi connectivity index (χ0v) is 18.2. The molecule has 2 N–H and O–H groups in total. The number of anilines is 1. The van der Waals surface area contributed by atoms with E-state index in [2.05, 4.69) is 15.2 Å². The number of nitro benzene ring substituents is 1. The molecule has 3 aromatic rings. The quantitative estimate of drug-likeness (QED) is 0.421. The van der Waals surface area contributed by atoms with Crippen LogP contribution in [0.5, 0.6) is 5.75 Å². The Balaban J connectivity index is 1.27. The van der Waals surface area contributed by atoms with Gasteiger partial charge in [-0.2, -0.15) is 0 Å². The molecule has 33 heavy (non-hydrogen) atoms. The third-order valence-corrected chi connectivity index (χ3v) is 5.75. The Labute approximate surface area is 190 Å². The SMILES string of the molecule is COc1ccc(NC(=O)CCN2CCN(C(=O)c3cc4ccccc4[nH]3)CC2)c([N+](=O)[O-])c1. The van der Waals surface area contributed by atoms with Crippen molar-refractivity contribution in [3.63, 3.8) is 0 Å². The third-order valence-electron chi connectivity index (χ3n) is 5.75. The summed E-state index contributed by atoms with van der Waals surface area (Å²) in [5.41, 5.74) is 1.43. The van der Waals surface area contributed by atoms with Crippen molar-refractivity contribution in [2.75, 3.05) is 45.2 Å². The average Bonchev–Trinajstić information content (AvgIpc) is 3.27. The van der Waals surface area contributed by atoms with E-state index in [1.165, 1.54) is 19.2 Å². The second-order valence-electron chi connectivity index (χ2n) is 7.84. The Bertz CT molecular complexity index is 1150. The van der Waals surface area contributed by atoms with Crippen LogP contribution in [0.2, 0.25) is 0 Å². The van der Waals surface area contributed by atoms with E-state index in [4.69, 9.17) is 4.74 Å². The van der Waals surface area contributed by atoms with Gasteiger partial charge in [-0.15, -0.1) is 0 Å². The lowest BCUT2D eigenvalue weighted by Crippen LogP contribution is -2.49. The molecule has 1 aromatic heterocycles. The Morgan fingerprint density at radius 3 is 2.58 bits per heavy atom. The number of nitrogens with one attached hydrogen (secondary N) is 2. The van der Waals surface area contributed by atoms with Crippen LogP contribution in [0.25, 0.3) is 10.9 Å². The van der Waals surface area contributed by atoms with E-state index in [0.29, 0.717) is 44.2 Å². The van der Waals surface area contributed by atoms with E-state index in [1.54, 1.807) is 6.07 Å². The number of aromatic amines is 1. The number of H-pyrrole nitrogens is 1. The van der Waals surface area contributed by atoms with Crippen molar-refractivity contribution in [3.05, 3.63) is 64.3 Å². The lowest BCUT2D eigenvalue weighted by molar-refractivity contribution is -0.384. The van der Waals surface area contributed by atoms with E-state index < -0.39 is 4.92 Å². The molecule has 0 bridgehead atoms. The zero-order valence-electron chi connectivity index (χ0n) is 18.2. The molecule has 4 rings (SSSR count). The fourth-order valence-corrected chi connectivity index (χ4v) is 3.90. The van der Waals surface area contributed by atoms with Gasteiger partial charge in [-0.25, -0.2) is 0 Å². The van der Waals surface area contributed by atoms with Crippen molar-refractivity contribution in [1.82, 2.24) is 14.8 Å². The minimum Gasteiger partial charge on any atom is -0.496 e. The van der Waals surface area contributed by atoms with Crippen molar-refractivity contribution in [2.45, 2.75) is 6.42 Å². The number of aromatic nitrogens is 1. The van der Waals surface area contributed by atoms with Gasteiger partial charge in [0.25, 0.3) is 11.6 Å². The first-order valence-electron chi connectivity index (χ1n) is 10.7. The molecule has 10 heteroatoms. The van der Waals surface area contributed by atoms with Gasteiger partial charge in [0, 0.05) is 50.0 Å². The van der Waals surface area contributed by atoms with Gasteiger partial charge in [0.1, 0.15) is 17.1 Å². The van der Waals surface area contributed by atoms with Crippen LogP contribution >= 0.6 is 0 Å². The molecule has 0 aliphatic carbocycles. The second-order valence-corrected chi connectivity index (χ2v) is 7.84. The van der Waals surface area contributed by atoms with Gasteiger partial charge in [-0.3, -0.25) is 24.6 Å². The molecule has 0 saturated carbocycles. The summed E-state index contributed by atoms with van der Waals surface area (Å²) >= 11 is 0. The van der Waals surface area contributed by atoms with Crippen molar-refractivity contribution in [3.8, 4) is 5.75 Å². The van der Waals surface area contributed by atoms with Crippen LogP contribution in [0.4, 0.5) is 11.4 Å². The van der Waals surface area contributed by atoms with Gasteiger partial charge in [-0.1, -0.05) is 18.2 Å². The summed E-state index contributed by atoms with van der Waals surface area (Å²) in [7, 11) is 1.42. The number of hydrogen-bond donors (Lipinski definition) is 2. The maximum Gasteiger partial charge on any atom is 0.296 e. The molecule has 10 nitrogen and oxygen atoms in total. The monoisotopic (exact) mass is 451 g/mol. The van der Waals surface area contributed by atoms with E-state index in [-0.39, 0.29) is 29.6 Å². The number of methoxy groups -OCH3 is 1. The highest BCUT2D eigenvalue weighted by molar-refractivity contribution is 5.98. The highest BCUT2D eigenvalue weighted by Crippen LogP contribution is 2.29.